The summed E-state index contributed by atoms with van der Waals surface area (Å²) in [6.07, 6.45) is 1.82. The Labute approximate surface area is 97.0 Å². The third-order valence-electron chi connectivity index (χ3n) is 2.86. The molecule has 1 saturated heterocycles. The minimum Gasteiger partial charge on any atom is -0.478 e. The zero-order chi connectivity index (χ0) is 11.8. The van der Waals surface area contributed by atoms with Crippen LogP contribution in [0.25, 0.3) is 11.1 Å². The zero-order valence-corrected chi connectivity index (χ0v) is 9.05. The summed E-state index contributed by atoms with van der Waals surface area (Å²) in [4.78, 5) is 15.1. The number of nitrogens with zero attached hydrogens (tertiary/aromatic N) is 1. The maximum Gasteiger partial charge on any atom is 0.335 e. The van der Waals surface area contributed by atoms with E-state index in [9.17, 15) is 4.79 Å². The SMILES string of the molecule is O=C(O)c1ccc2nc(C3CCCO3)oc2c1. The number of carboxylic acids is 1. The van der Waals surface area contributed by atoms with Crippen molar-refractivity contribution >= 4 is 17.1 Å². The summed E-state index contributed by atoms with van der Waals surface area (Å²) in [6, 6.07) is 4.66. The zero-order valence-electron chi connectivity index (χ0n) is 9.05. The second kappa shape index (κ2) is 3.85. The molecular formula is C12H11NO4. The first-order valence-corrected chi connectivity index (χ1v) is 5.49. The van der Waals surface area contributed by atoms with Gasteiger partial charge in [-0.3, -0.25) is 0 Å². The molecule has 1 aliphatic heterocycles. The maximum atomic E-state index is 10.8. The third-order valence-corrected chi connectivity index (χ3v) is 2.86. The Morgan fingerprint density at radius 2 is 2.35 bits per heavy atom. The van der Waals surface area contributed by atoms with Gasteiger partial charge in [0.2, 0.25) is 5.89 Å². The highest BCUT2D eigenvalue weighted by molar-refractivity contribution is 5.91. The van der Waals surface area contributed by atoms with E-state index in [2.05, 4.69) is 4.98 Å². The summed E-state index contributed by atoms with van der Waals surface area (Å²) in [5.41, 5.74) is 1.36. The van der Waals surface area contributed by atoms with Gasteiger partial charge < -0.3 is 14.3 Å². The van der Waals surface area contributed by atoms with Crippen molar-refractivity contribution in [2.24, 2.45) is 0 Å². The van der Waals surface area contributed by atoms with Gasteiger partial charge in [0.15, 0.2) is 5.58 Å². The monoisotopic (exact) mass is 233 g/mol. The number of carbonyl (C=O) groups is 1. The molecule has 1 aromatic heterocycles. The van der Waals surface area contributed by atoms with Gasteiger partial charge in [-0.2, -0.15) is 0 Å². The van der Waals surface area contributed by atoms with Crippen LogP contribution < -0.4 is 0 Å². The van der Waals surface area contributed by atoms with E-state index in [0.717, 1.165) is 19.4 Å². The molecule has 0 saturated carbocycles. The van der Waals surface area contributed by atoms with Crippen molar-refractivity contribution in [3.63, 3.8) is 0 Å². The highest BCUT2D eigenvalue weighted by Crippen LogP contribution is 2.30. The summed E-state index contributed by atoms with van der Waals surface area (Å²) in [5, 5.41) is 8.88. The molecule has 2 heterocycles. The molecule has 17 heavy (non-hydrogen) atoms. The van der Waals surface area contributed by atoms with Gasteiger partial charge in [0.1, 0.15) is 11.6 Å². The molecule has 1 aliphatic rings. The molecular weight excluding hydrogens is 222 g/mol. The second-order valence-electron chi connectivity index (χ2n) is 4.04. The van der Waals surface area contributed by atoms with E-state index in [1.165, 1.54) is 12.1 Å². The Balaban J connectivity index is 2.03. The molecule has 1 atom stereocenters. The van der Waals surface area contributed by atoms with Crippen LogP contribution in [0.4, 0.5) is 0 Å². The standard InChI is InChI=1S/C12H11NO4/c14-12(15)7-3-4-8-10(6-7)17-11(13-8)9-2-1-5-16-9/h3-4,6,9H,1-2,5H2,(H,14,15). The summed E-state index contributed by atoms with van der Waals surface area (Å²) in [7, 11) is 0. The fourth-order valence-electron chi connectivity index (χ4n) is 1.99. The lowest BCUT2D eigenvalue weighted by Crippen LogP contribution is -1.94. The van der Waals surface area contributed by atoms with E-state index in [-0.39, 0.29) is 11.7 Å². The van der Waals surface area contributed by atoms with Crippen LogP contribution in [0.3, 0.4) is 0 Å². The molecule has 0 amide bonds. The van der Waals surface area contributed by atoms with Gasteiger partial charge in [-0.15, -0.1) is 0 Å². The number of benzene rings is 1. The molecule has 0 spiro atoms. The average Bonchev–Trinajstić information content (AvgIpc) is 2.96. The van der Waals surface area contributed by atoms with Gasteiger partial charge >= 0.3 is 5.97 Å². The van der Waals surface area contributed by atoms with Gasteiger partial charge in [0.05, 0.1) is 5.56 Å². The quantitative estimate of drug-likeness (QED) is 0.862. The molecule has 3 rings (SSSR count). The van der Waals surface area contributed by atoms with Crippen molar-refractivity contribution in [1.29, 1.82) is 0 Å². The fraction of sp³-hybridized carbons (Fsp3) is 0.333. The van der Waals surface area contributed by atoms with Gasteiger partial charge in [0.25, 0.3) is 0 Å². The minimum absolute atomic E-state index is 0.0873. The number of carboxylic acid groups (broad SMARTS) is 1. The molecule has 1 aromatic carbocycles. The molecule has 1 N–H and O–H groups in total. The van der Waals surface area contributed by atoms with Crippen molar-refractivity contribution in [3.8, 4) is 0 Å². The minimum atomic E-state index is -0.970. The highest BCUT2D eigenvalue weighted by Gasteiger charge is 2.23. The summed E-state index contributed by atoms with van der Waals surface area (Å²) in [5.74, 6) is -0.429. The normalized spacial score (nSPS) is 19.9. The highest BCUT2D eigenvalue weighted by atomic mass is 16.5. The van der Waals surface area contributed by atoms with Gasteiger partial charge in [-0.25, -0.2) is 9.78 Å². The lowest BCUT2D eigenvalue weighted by Gasteiger charge is -2.01. The van der Waals surface area contributed by atoms with Gasteiger partial charge in [-0.05, 0) is 31.0 Å². The Morgan fingerprint density at radius 1 is 1.47 bits per heavy atom. The van der Waals surface area contributed by atoms with E-state index in [1.807, 2.05) is 0 Å². The fourth-order valence-corrected chi connectivity index (χ4v) is 1.99. The summed E-state index contributed by atoms with van der Waals surface area (Å²) < 4.78 is 11.0. The molecule has 0 bridgehead atoms. The maximum absolute atomic E-state index is 10.8. The molecule has 1 unspecified atom stereocenters. The largest absolute Gasteiger partial charge is 0.478 e. The number of fused-ring (bicyclic) bond motifs is 1. The van der Waals surface area contributed by atoms with Crippen LogP contribution in [0.2, 0.25) is 0 Å². The Bertz CT molecular complexity index is 569. The number of oxazole rings is 1. The lowest BCUT2D eigenvalue weighted by molar-refractivity contribution is 0.0697. The van der Waals surface area contributed by atoms with E-state index >= 15 is 0 Å². The van der Waals surface area contributed by atoms with Gasteiger partial charge in [-0.1, -0.05) is 0 Å². The van der Waals surface area contributed by atoms with Crippen LogP contribution in [0.15, 0.2) is 22.6 Å². The van der Waals surface area contributed by atoms with Crippen molar-refractivity contribution in [3.05, 3.63) is 29.7 Å². The van der Waals surface area contributed by atoms with Crippen LogP contribution >= 0.6 is 0 Å². The number of aromatic nitrogens is 1. The van der Waals surface area contributed by atoms with E-state index in [0.29, 0.717) is 17.0 Å². The molecule has 1 fully saturated rings. The Kier molecular flexibility index (Phi) is 2.33. The molecule has 88 valence electrons. The Hall–Kier alpha value is -1.88. The van der Waals surface area contributed by atoms with E-state index < -0.39 is 5.97 Å². The third kappa shape index (κ3) is 1.78. The van der Waals surface area contributed by atoms with Crippen molar-refractivity contribution in [2.75, 3.05) is 6.61 Å². The van der Waals surface area contributed by atoms with Gasteiger partial charge in [0, 0.05) is 6.61 Å². The molecule has 5 nitrogen and oxygen atoms in total. The average molecular weight is 233 g/mol. The van der Waals surface area contributed by atoms with Crippen LogP contribution in [-0.4, -0.2) is 22.7 Å². The predicted octanol–water partition coefficient (Wildman–Crippen LogP) is 2.38. The van der Waals surface area contributed by atoms with Crippen molar-refractivity contribution in [2.45, 2.75) is 18.9 Å². The number of ether oxygens (including phenoxy) is 1. The number of rotatable bonds is 2. The van der Waals surface area contributed by atoms with Crippen LogP contribution in [0.1, 0.15) is 35.2 Å². The first-order valence-electron chi connectivity index (χ1n) is 5.49. The van der Waals surface area contributed by atoms with Crippen LogP contribution in [-0.2, 0) is 4.74 Å². The first-order chi connectivity index (χ1) is 8.24. The molecule has 2 aromatic rings. The van der Waals surface area contributed by atoms with Crippen LogP contribution in [0, 0.1) is 0 Å². The second-order valence-corrected chi connectivity index (χ2v) is 4.04. The van der Waals surface area contributed by atoms with Crippen molar-refractivity contribution in [1.82, 2.24) is 4.98 Å². The number of hydrogen-bond acceptors (Lipinski definition) is 4. The van der Waals surface area contributed by atoms with E-state index in [4.69, 9.17) is 14.3 Å². The molecule has 5 heteroatoms. The Morgan fingerprint density at radius 3 is 3.06 bits per heavy atom. The topological polar surface area (TPSA) is 72.6 Å². The van der Waals surface area contributed by atoms with Crippen molar-refractivity contribution < 1.29 is 19.1 Å². The molecule has 0 aliphatic carbocycles. The first kappa shape index (κ1) is 10.3. The summed E-state index contributed by atoms with van der Waals surface area (Å²) in [6.45, 7) is 0.726. The number of hydrogen-bond donors (Lipinski definition) is 1. The summed E-state index contributed by atoms with van der Waals surface area (Å²) >= 11 is 0. The van der Waals surface area contributed by atoms with E-state index in [1.54, 1.807) is 6.07 Å². The number of aromatic carboxylic acids is 1. The van der Waals surface area contributed by atoms with Crippen LogP contribution in [0.5, 0.6) is 0 Å². The smallest absolute Gasteiger partial charge is 0.335 e. The molecule has 0 radical (unpaired) electrons. The lowest BCUT2D eigenvalue weighted by atomic mass is 10.2. The predicted molar refractivity (Wildman–Crippen MR) is 58.9 cm³/mol.